The zero-order valence-corrected chi connectivity index (χ0v) is 22.1. The highest BCUT2D eigenvalue weighted by atomic mass is 16.5. The van der Waals surface area contributed by atoms with E-state index >= 15 is 0 Å². The molecule has 0 saturated heterocycles. The van der Waals surface area contributed by atoms with Crippen LogP contribution in [0.1, 0.15) is 49.4 Å². The second-order valence-corrected chi connectivity index (χ2v) is 10.3. The van der Waals surface area contributed by atoms with Crippen LogP contribution in [0.3, 0.4) is 0 Å². The molecule has 5 nitrogen and oxygen atoms in total. The van der Waals surface area contributed by atoms with Crippen LogP contribution in [0, 0.1) is 6.92 Å². The first-order chi connectivity index (χ1) is 17.1. The van der Waals surface area contributed by atoms with Crippen LogP contribution in [0.15, 0.2) is 78.9 Å². The number of carbonyl (C=O) groups excluding carboxylic acids is 2. The molecule has 36 heavy (non-hydrogen) atoms. The number of carbonyl (C=O) groups is 2. The first-order valence-corrected chi connectivity index (χ1v) is 12.5. The Kier molecular flexibility index (Phi) is 9.29. The van der Waals surface area contributed by atoms with Crippen LogP contribution in [-0.4, -0.2) is 35.4 Å². The van der Waals surface area contributed by atoms with Gasteiger partial charge in [0.2, 0.25) is 11.8 Å². The fraction of sp³-hybridized carbons (Fsp3) is 0.355. The summed E-state index contributed by atoms with van der Waals surface area (Å²) in [6, 6.07) is 25.1. The number of nitrogens with one attached hydrogen (secondary N) is 1. The van der Waals surface area contributed by atoms with E-state index in [0.717, 1.165) is 22.4 Å². The fourth-order valence-electron chi connectivity index (χ4n) is 4.12. The quantitative estimate of drug-likeness (QED) is 0.412. The summed E-state index contributed by atoms with van der Waals surface area (Å²) in [5, 5.41) is 3.11. The Morgan fingerprint density at radius 3 is 2.19 bits per heavy atom. The maximum absolute atomic E-state index is 13.8. The van der Waals surface area contributed by atoms with Gasteiger partial charge in [-0.2, -0.15) is 0 Å². The predicted molar refractivity (Wildman–Crippen MR) is 145 cm³/mol. The van der Waals surface area contributed by atoms with Crippen LogP contribution < -0.4 is 10.1 Å². The lowest BCUT2D eigenvalue weighted by Gasteiger charge is -2.34. The molecular formula is C31H38N2O3. The summed E-state index contributed by atoms with van der Waals surface area (Å²) in [7, 11) is 1.62. The maximum atomic E-state index is 13.8. The molecule has 3 rings (SSSR count). The van der Waals surface area contributed by atoms with Gasteiger partial charge in [0.05, 0.1) is 7.11 Å². The van der Waals surface area contributed by atoms with Gasteiger partial charge in [0.15, 0.2) is 0 Å². The van der Waals surface area contributed by atoms with Gasteiger partial charge in [0, 0.05) is 24.9 Å². The molecule has 190 valence electrons. The molecule has 5 heteroatoms. The van der Waals surface area contributed by atoms with Crippen LogP contribution in [0.2, 0.25) is 0 Å². The van der Waals surface area contributed by atoms with E-state index in [4.69, 9.17) is 4.74 Å². The van der Waals surface area contributed by atoms with E-state index in [0.29, 0.717) is 25.8 Å². The number of amides is 2. The number of nitrogens with zero attached hydrogens (tertiary/aromatic N) is 1. The van der Waals surface area contributed by atoms with E-state index in [-0.39, 0.29) is 11.8 Å². The summed E-state index contributed by atoms with van der Waals surface area (Å²) < 4.78 is 5.40. The van der Waals surface area contributed by atoms with Crippen LogP contribution in [0.4, 0.5) is 0 Å². The topological polar surface area (TPSA) is 58.6 Å². The lowest BCUT2D eigenvalue weighted by Crippen LogP contribution is -2.54. The predicted octanol–water partition coefficient (Wildman–Crippen LogP) is 5.49. The third-order valence-electron chi connectivity index (χ3n) is 6.00. The maximum Gasteiger partial charge on any atom is 0.243 e. The van der Waals surface area contributed by atoms with Gasteiger partial charge >= 0.3 is 0 Å². The van der Waals surface area contributed by atoms with E-state index in [1.807, 2.05) is 82.3 Å². The lowest BCUT2D eigenvalue weighted by atomic mass is 9.99. The SMILES string of the molecule is COc1cccc(CN(C(=O)CCc2ccc(C)cc2)C(Cc2ccccc2)C(=O)NC(C)(C)C)c1. The molecule has 0 heterocycles. The minimum absolute atomic E-state index is 0.0524. The third-order valence-corrected chi connectivity index (χ3v) is 6.00. The van der Waals surface area contributed by atoms with Crippen LogP contribution >= 0.6 is 0 Å². The Bertz CT molecular complexity index is 1130. The van der Waals surface area contributed by atoms with Crippen molar-refractivity contribution in [2.75, 3.05) is 7.11 Å². The molecule has 0 aliphatic rings. The number of hydrogen-bond donors (Lipinski definition) is 1. The third kappa shape index (κ3) is 8.26. The highest BCUT2D eigenvalue weighted by molar-refractivity contribution is 5.88. The molecule has 0 fully saturated rings. The van der Waals surface area contributed by atoms with E-state index in [2.05, 4.69) is 29.6 Å². The number of benzene rings is 3. The first kappa shape index (κ1) is 27.0. The summed E-state index contributed by atoms with van der Waals surface area (Å²) in [4.78, 5) is 29.1. The Morgan fingerprint density at radius 2 is 1.56 bits per heavy atom. The molecule has 0 aromatic heterocycles. The molecular weight excluding hydrogens is 448 g/mol. The minimum atomic E-state index is -0.650. The molecule has 3 aromatic carbocycles. The molecule has 3 aromatic rings. The van der Waals surface area contributed by atoms with Crippen molar-refractivity contribution in [3.63, 3.8) is 0 Å². The molecule has 0 saturated carbocycles. The number of aryl methyl sites for hydroxylation is 2. The summed E-state index contributed by atoms with van der Waals surface area (Å²) >= 11 is 0. The Labute approximate surface area is 215 Å². The van der Waals surface area contributed by atoms with E-state index in [1.165, 1.54) is 5.56 Å². The van der Waals surface area contributed by atoms with Crippen molar-refractivity contribution < 1.29 is 14.3 Å². The highest BCUT2D eigenvalue weighted by Gasteiger charge is 2.32. The number of methoxy groups -OCH3 is 1. The second kappa shape index (κ2) is 12.4. The number of rotatable bonds is 10. The standard InChI is InChI=1S/C31H38N2O3/c1-23-14-16-24(17-15-23)18-19-29(34)33(22-26-12-9-13-27(20-26)36-5)28(30(35)32-31(2,3)4)21-25-10-7-6-8-11-25/h6-17,20,28H,18-19,21-22H2,1-5H3,(H,32,35). The average Bonchev–Trinajstić information content (AvgIpc) is 2.85. The largest absolute Gasteiger partial charge is 0.497 e. The molecule has 0 spiro atoms. The van der Waals surface area contributed by atoms with Gasteiger partial charge in [-0.1, -0.05) is 72.3 Å². The van der Waals surface area contributed by atoms with Crippen molar-refractivity contribution in [3.05, 3.63) is 101 Å². The monoisotopic (exact) mass is 486 g/mol. The van der Waals surface area contributed by atoms with Crippen molar-refractivity contribution in [1.82, 2.24) is 10.2 Å². The summed E-state index contributed by atoms with van der Waals surface area (Å²) in [5.74, 6) is 0.514. The van der Waals surface area contributed by atoms with Gasteiger partial charge in [0.1, 0.15) is 11.8 Å². The summed E-state index contributed by atoms with van der Waals surface area (Å²) in [5.41, 5.74) is 3.80. The number of ether oxygens (including phenoxy) is 1. The Hall–Kier alpha value is -3.60. The Balaban J connectivity index is 1.93. The molecule has 1 unspecified atom stereocenters. The van der Waals surface area contributed by atoms with Crippen LogP contribution in [0.5, 0.6) is 5.75 Å². The van der Waals surface area contributed by atoms with Crippen molar-refractivity contribution in [2.24, 2.45) is 0 Å². The molecule has 0 aliphatic heterocycles. The minimum Gasteiger partial charge on any atom is -0.497 e. The fourth-order valence-corrected chi connectivity index (χ4v) is 4.12. The molecule has 1 N–H and O–H groups in total. The normalized spacial score (nSPS) is 12.0. The number of hydrogen-bond acceptors (Lipinski definition) is 3. The van der Waals surface area contributed by atoms with Crippen molar-refractivity contribution in [2.45, 2.75) is 65.1 Å². The average molecular weight is 487 g/mol. The van der Waals surface area contributed by atoms with E-state index in [1.54, 1.807) is 12.0 Å². The molecule has 0 aliphatic carbocycles. The van der Waals surface area contributed by atoms with Crippen molar-refractivity contribution in [1.29, 1.82) is 0 Å². The smallest absolute Gasteiger partial charge is 0.243 e. The first-order valence-electron chi connectivity index (χ1n) is 12.5. The van der Waals surface area contributed by atoms with Gasteiger partial charge < -0.3 is 15.0 Å². The molecule has 0 radical (unpaired) electrons. The van der Waals surface area contributed by atoms with Gasteiger partial charge in [-0.05, 0) is 62.9 Å². The van der Waals surface area contributed by atoms with Gasteiger partial charge in [-0.3, -0.25) is 9.59 Å². The Morgan fingerprint density at radius 1 is 0.889 bits per heavy atom. The molecule has 2 amide bonds. The van der Waals surface area contributed by atoms with Gasteiger partial charge in [0.25, 0.3) is 0 Å². The zero-order valence-electron chi connectivity index (χ0n) is 22.1. The second-order valence-electron chi connectivity index (χ2n) is 10.3. The van der Waals surface area contributed by atoms with Gasteiger partial charge in [-0.25, -0.2) is 0 Å². The summed E-state index contributed by atoms with van der Waals surface area (Å²) in [6.07, 6.45) is 1.37. The van der Waals surface area contributed by atoms with E-state index < -0.39 is 11.6 Å². The summed E-state index contributed by atoms with van der Waals surface area (Å²) in [6.45, 7) is 8.23. The molecule has 1 atom stereocenters. The zero-order chi connectivity index (χ0) is 26.1. The highest BCUT2D eigenvalue weighted by Crippen LogP contribution is 2.20. The molecule has 0 bridgehead atoms. The lowest BCUT2D eigenvalue weighted by molar-refractivity contribution is -0.141. The van der Waals surface area contributed by atoms with Gasteiger partial charge in [-0.15, -0.1) is 0 Å². The van der Waals surface area contributed by atoms with Crippen LogP contribution in [0.25, 0.3) is 0 Å². The van der Waals surface area contributed by atoms with Crippen molar-refractivity contribution in [3.8, 4) is 5.75 Å². The van der Waals surface area contributed by atoms with Crippen molar-refractivity contribution >= 4 is 11.8 Å². The van der Waals surface area contributed by atoms with E-state index in [9.17, 15) is 9.59 Å². The van der Waals surface area contributed by atoms with Crippen LogP contribution in [-0.2, 0) is 29.0 Å².